The van der Waals surface area contributed by atoms with Crippen LogP contribution in [0, 0.1) is 16.7 Å². The number of hydrogen-bond acceptors (Lipinski definition) is 2. The first-order valence-electron chi connectivity index (χ1n) is 2.36. The molecular weight excluding hydrogens is 88.1 g/mol. The summed E-state index contributed by atoms with van der Waals surface area (Å²) in [6.07, 6.45) is 3.44. The third-order valence-corrected chi connectivity index (χ3v) is 0.900. The van der Waals surface area contributed by atoms with E-state index in [1.54, 1.807) is 0 Å². The van der Waals surface area contributed by atoms with Gasteiger partial charge in [-0.25, -0.2) is 0 Å². The highest BCUT2D eigenvalue weighted by Gasteiger charge is 1.91. The zero-order chi connectivity index (χ0) is 5.70. The summed E-state index contributed by atoms with van der Waals surface area (Å²) in [5.41, 5.74) is 0. The first-order chi connectivity index (χ1) is 3.35. The SMILES string of the molecule is CCC(C=N)C=N. The lowest BCUT2D eigenvalue weighted by atomic mass is 10.1. The number of rotatable bonds is 3. The van der Waals surface area contributed by atoms with Crippen molar-refractivity contribution >= 4 is 12.4 Å². The van der Waals surface area contributed by atoms with Crippen LogP contribution in [0.2, 0.25) is 0 Å². The van der Waals surface area contributed by atoms with Crippen molar-refractivity contribution in [2.24, 2.45) is 5.92 Å². The molecule has 0 aromatic rings. The highest BCUT2D eigenvalue weighted by molar-refractivity contribution is 5.79. The molecule has 7 heavy (non-hydrogen) atoms. The predicted octanol–water partition coefficient (Wildman–Crippen LogP) is 1.31. The molecule has 0 aliphatic carbocycles. The second kappa shape index (κ2) is 3.53. The zero-order valence-corrected chi connectivity index (χ0v) is 4.44. The zero-order valence-electron chi connectivity index (χ0n) is 4.44. The van der Waals surface area contributed by atoms with Crippen molar-refractivity contribution in [1.29, 1.82) is 10.8 Å². The third-order valence-electron chi connectivity index (χ3n) is 0.900. The summed E-state index contributed by atoms with van der Waals surface area (Å²) in [5, 5.41) is 13.4. The summed E-state index contributed by atoms with van der Waals surface area (Å²) in [4.78, 5) is 0. The fourth-order valence-electron chi connectivity index (χ4n) is 0.284. The Hall–Kier alpha value is -0.660. The summed E-state index contributed by atoms with van der Waals surface area (Å²) < 4.78 is 0. The van der Waals surface area contributed by atoms with Crippen molar-refractivity contribution in [3.8, 4) is 0 Å². The van der Waals surface area contributed by atoms with E-state index in [-0.39, 0.29) is 5.92 Å². The lowest BCUT2D eigenvalue weighted by Gasteiger charge is -1.93. The maximum Gasteiger partial charge on any atom is 0.0280 e. The van der Waals surface area contributed by atoms with E-state index in [1.165, 1.54) is 12.4 Å². The summed E-state index contributed by atoms with van der Waals surface area (Å²) in [7, 11) is 0. The van der Waals surface area contributed by atoms with Crippen molar-refractivity contribution < 1.29 is 0 Å². The maximum absolute atomic E-state index is 6.68. The van der Waals surface area contributed by atoms with Crippen LogP contribution in [0.25, 0.3) is 0 Å². The van der Waals surface area contributed by atoms with Crippen molar-refractivity contribution in [2.45, 2.75) is 13.3 Å². The smallest absolute Gasteiger partial charge is 0.0280 e. The normalized spacial score (nSPS) is 12.7. The Morgan fingerprint density at radius 2 is 1.86 bits per heavy atom. The Kier molecular flexibility index (Phi) is 3.19. The fourth-order valence-corrected chi connectivity index (χ4v) is 0.284. The van der Waals surface area contributed by atoms with Gasteiger partial charge in [0.15, 0.2) is 0 Å². The van der Waals surface area contributed by atoms with E-state index in [0.29, 0.717) is 0 Å². The molecule has 2 heteroatoms. The molecule has 2 N–H and O–H groups in total. The minimum atomic E-state index is 0.0694. The maximum atomic E-state index is 6.68. The number of nitrogens with one attached hydrogen (secondary N) is 2. The molecule has 0 fully saturated rings. The topological polar surface area (TPSA) is 47.7 Å². The van der Waals surface area contributed by atoms with Gasteiger partial charge in [0.1, 0.15) is 0 Å². The van der Waals surface area contributed by atoms with Crippen LogP contribution in [0.15, 0.2) is 0 Å². The van der Waals surface area contributed by atoms with Gasteiger partial charge in [0, 0.05) is 18.3 Å². The van der Waals surface area contributed by atoms with Crippen molar-refractivity contribution in [3.05, 3.63) is 0 Å². The molecule has 0 aromatic carbocycles. The largest absolute Gasteiger partial charge is 0.312 e. The average molecular weight is 98.1 g/mol. The molecule has 0 atom stereocenters. The van der Waals surface area contributed by atoms with E-state index >= 15 is 0 Å². The molecule has 2 nitrogen and oxygen atoms in total. The molecule has 0 bridgehead atoms. The molecule has 0 heterocycles. The van der Waals surface area contributed by atoms with Gasteiger partial charge in [-0.05, 0) is 6.42 Å². The van der Waals surface area contributed by atoms with E-state index in [1.807, 2.05) is 6.92 Å². The van der Waals surface area contributed by atoms with E-state index in [9.17, 15) is 0 Å². The minimum Gasteiger partial charge on any atom is -0.312 e. The second-order valence-electron chi connectivity index (χ2n) is 1.41. The van der Waals surface area contributed by atoms with Crippen LogP contribution in [0.5, 0.6) is 0 Å². The van der Waals surface area contributed by atoms with Gasteiger partial charge in [0.2, 0.25) is 0 Å². The van der Waals surface area contributed by atoms with Gasteiger partial charge in [-0.2, -0.15) is 0 Å². The van der Waals surface area contributed by atoms with Crippen LogP contribution in [0.1, 0.15) is 13.3 Å². The highest BCUT2D eigenvalue weighted by Crippen LogP contribution is 1.90. The predicted molar refractivity (Wildman–Crippen MR) is 31.3 cm³/mol. The average Bonchev–Trinajstić information content (AvgIpc) is 1.72. The van der Waals surface area contributed by atoms with Crippen LogP contribution >= 0.6 is 0 Å². The summed E-state index contributed by atoms with van der Waals surface area (Å²) in [6.45, 7) is 1.96. The van der Waals surface area contributed by atoms with E-state index in [2.05, 4.69) is 0 Å². The van der Waals surface area contributed by atoms with E-state index < -0.39 is 0 Å². The Morgan fingerprint density at radius 3 is 1.86 bits per heavy atom. The summed E-state index contributed by atoms with van der Waals surface area (Å²) in [5.74, 6) is 0.0694. The summed E-state index contributed by atoms with van der Waals surface area (Å²) >= 11 is 0. The van der Waals surface area contributed by atoms with Crippen LogP contribution in [0.4, 0.5) is 0 Å². The number of hydrogen-bond donors (Lipinski definition) is 2. The van der Waals surface area contributed by atoms with Crippen LogP contribution in [0.3, 0.4) is 0 Å². The third kappa shape index (κ3) is 2.09. The Morgan fingerprint density at radius 1 is 1.43 bits per heavy atom. The quantitative estimate of drug-likeness (QED) is 0.500. The standard InChI is InChI=1S/C5H10N2/c1-2-5(3-6)4-7/h3-7H,2H2,1H3. The van der Waals surface area contributed by atoms with Crippen molar-refractivity contribution in [3.63, 3.8) is 0 Å². The van der Waals surface area contributed by atoms with Crippen LogP contribution < -0.4 is 0 Å². The van der Waals surface area contributed by atoms with Gasteiger partial charge in [0.05, 0.1) is 0 Å². The first-order valence-corrected chi connectivity index (χ1v) is 2.36. The van der Waals surface area contributed by atoms with Gasteiger partial charge in [-0.3, -0.25) is 0 Å². The van der Waals surface area contributed by atoms with E-state index in [0.717, 1.165) is 6.42 Å². The van der Waals surface area contributed by atoms with Gasteiger partial charge < -0.3 is 10.8 Å². The van der Waals surface area contributed by atoms with Crippen molar-refractivity contribution in [2.75, 3.05) is 0 Å². The van der Waals surface area contributed by atoms with Gasteiger partial charge in [-0.1, -0.05) is 6.92 Å². The fraction of sp³-hybridized carbons (Fsp3) is 0.600. The Bertz CT molecular complexity index is 60.5. The highest BCUT2D eigenvalue weighted by atomic mass is 14.4. The second-order valence-corrected chi connectivity index (χ2v) is 1.41. The van der Waals surface area contributed by atoms with Gasteiger partial charge >= 0.3 is 0 Å². The molecule has 0 rings (SSSR count). The molecule has 40 valence electrons. The molecule has 0 unspecified atom stereocenters. The molecule has 0 radical (unpaired) electrons. The van der Waals surface area contributed by atoms with Gasteiger partial charge in [-0.15, -0.1) is 0 Å². The Labute approximate surface area is 43.6 Å². The van der Waals surface area contributed by atoms with E-state index in [4.69, 9.17) is 10.8 Å². The summed E-state index contributed by atoms with van der Waals surface area (Å²) in [6, 6.07) is 0. The van der Waals surface area contributed by atoms with Crippen LogP contribution in [-0.4, -0.2) is 12.4 Å². The first kappa shape index (κ1) is 6.34. The lowest BCUT2D eigenvalue weighted by molar-refractivity contribution is 0.880. The monoisotopic (exact) mass is 98.1 g/mol. The molecule has 0 amide bonds. The minimum absolute atomic E-state index is 0.0694. The lowest BCUT2D eigenvalue weighted by Crippen LogP contribution is -1.98. The van der Waals surface area contributed by atoms with Gasteiger partial charge in [0.25, 0.3) is 0 Å². The molecule has 0 aliphatic heterocycles. The molecule has 0 aliphatic rings. The molecule has 0 saturated heterocycles. The molecule has 0 saturated carbocycles. The molecular formula is C5H10N2. The Balaban J connectivity index is 3.36. The molecule has 0 aromatic heterocycles. The van der Waals surface area contributed by atoms with Crippen molar-refractivity contribution in [1.82, 2.24) is 0 Å². The molecule has 0 spiro atoms. The van der Waals surface area contributed by atoms with Crippen LogP contribution in [-0.2, 0) is 0 Å².